The molecule has 0 aliphatic carbocycles. The van der Waals surface area contributed by atoms with Crippen molar-refractivity contribution in [1.29, 1.82) is 0 Å². The van der Waals surface area contributed by atoms with Crippen LogP contribution in [0.2, 0.25) is 0 Å². The largest absolute Gasteiger partial charge is 0.464 e. The van der Waals surface area contributed by atoms with Crippen LogP contribution in [0.1, 0.15) is 39.0 Å². The Bertz CT molecular complexity index is 1250. The van der Waals surface area contributed by atoms with Crippen molar-refractivity contribution in [2.24, 2.45) is 0 Å². The van der Waals surface area contributed by atoms with E-state index in [0.717, 1.165) is 10.5 Å². The van der Waals surface area contributed by atoms with E-state index in [4.69, 9.17) is 9.47 Å². The Hall–Kier alpha value is -3.70. The molecule has 11 heteroatoms. The maximum Gasteiger partial charge on any atom is 0.361 e. The van der Waals surface area contributed by atoms with Crippen LogP contribution in [0.4, 0.5) is 5.69 Å². The number of hydrogen-bond acceptors (Lipinski definition) is 9. The summed E-state index contributed by atoms with van der Waals surface area (Å²) in [7, 11) is 2.42. The highest BCUT2D eigenvalue weighted by molar-refractivity contribution is 7.98. The molecular weight excluding hydrogens is 482 g/mol. The third-order valence-electron chi connectivity index (χ3n) is 6.05. The summed E-state index contributed by atoms with van der Waals surface area (Å²) in [6, 6.07) is 16.6. The normalized spacial score (nSPS) is 17.5. The number of thioether (sulfide) groups is 1. The van der Waals surface area contributed by atoms with E-state index < -0.39 is 24.0 Å². The van der Waals surface area contributed by atoms with Crippen molar-refractivity contribution in [1.82, 2.24) is 19.9 Å². The molecule has 1 aromatic heterocycles. The van der Waals surface area contributed by atoms with Gasteiger partial charge in [0, 0.05) is 23.7 Å². The van der Waals surface area contributed by atoms with Gasteiger partial charge in [0.2, 0.25) is 11.6 Å². The van der Waals surface area contributed by atoms with Crippen LogP contribution < -0.4 is 5.32 Å². The van der Waals surface area contributed by atoms with E-state index >= 15 is 0 Å². The highest BCUT2D eigenvalue weighted by atomic mass is 32.2. The van der Waals surface area contributed by atoms with Crippen LogP contribution in [0.25, 0.3) is 0 Å². The molecule has 3 aromatic rings. The molecule has 1 aliphatic rings. The summed E-state index contributed by atoms with van der Waals surface area (Å²) in [5, 5.41) is 11.0. The fourth-order valence-electron chi connectivity index (χ4n) is 4.32. The smallest absolute Gasteiger partial charge is 0.361 e. The first-order valence-corrected chi connectivity index (χ1v) is 12.5. The molecule has 0 radical (unpaired) electrons. The number of esters is 2. The molecule has 0 spiro atoms. The lowest BCUT2D eigenvalue weighted by molar-refractivity contribution is -0.120. The zero-order valence-electron chi connectivity index (χ0n) is 20.2. The lowest BCUT2D eigenvalue weighted by Crippen LogP contribution is -2.39. The lowest BCUT2D eigenvalue weighted by atomic mass is 10.1. The van der Waals surface area contributed by atoms with E-state index in [-0.39, 0.29) is 17.3 Å². The van der Waals surface area contributed by atoms with Gasteiger partial charge in [-0.15, -0.1) is 16.9 Å². The highest BCUT2D eigenvalue weighted by Crippen LogP contribution is 2.31. The van der Waals surface area contributed by atoms with Gasteiger partial charge < -0.3 is 14.8 Å². The molecule has 4 rings (SSSR count). The molecule has 0 saturated carbocycles. The van der Waals surface area contributed by atoms with Crippen LogP contribution in [-0.4, -0.2) is 70.8 Å². The monoisotopic (exact) mass is 509 g/mol. The van der Waals surface area contributed by atoms with Crippen molar-refractivity contribution in [3.05, 3.63) is 71.5 Å². The van der Waals surface area contributed by atoms with Crippen molar-refractivity contribution in [2.45, 2.75) is 29.9 Å². The fourth-order valence-corrected chi connectivity index (χ4v) is 4.78. The Kier molecular flexibility index (Phi) is 8.01. The molecule has 1 saturated heterocycles. The van der Waals surface area contributed by atoms with E-state index in [1.165, 1.54) is 18.9 Å². The minimum atomic E-state index is -0.788. The molecule has 2 aromatic carbocycles. The fraction of sp³-hybridized carbons (Fsp3) is 0.320. The van der Waals surface area contributed by atoms with Crippen LogP contribution >= 0.6 is 11.8 Å². The summed E-state index contributed by atoms with van der Waals surface area (Å²) >= 11 is 1.59. The molecule has 2 heterocycles. The van der Waals surface area contributed by atoms with Gasteiger partial charge in [-0.05, 0) is 36.4 Å². The molecule has 188 valence electrons. The Labute approximate surface area is 212 Å². The number of anilines is 1. The summed E-state index contributed by atoms with van der Waals surface area (Å²) in [6.45, 7) is 0.929. The zero-order valence-corrected chi connectivity index (χ0v) is 21.0. The number of hydrogen-bond donors (Lipinski definition) is 1. The van der Waals surface area contributed by atoms with Crippen LogP contribution in [0, 0.1) is 0 Å². The van der Waals surface area contributed by atoms with Gasteiger partial charge in [-0.25, -0.2) is 14.3 Å². The van der Waals surface area contributed by atoms with Crippen molar-refractivity contribution < 1.29 is 23.9 Å². The number of carbonyl (C=O) groups excluding carboxylic acids is 3. The average molecular weight is 510 g/mol. The number of ether oxygens (including phenoxy) is 2. The van der Waals surface area contributed by atoms with Gasteiger partial charge in [0.1, 0.15) is 0 Å². The molecule has 0 unspecified atom stereocenters. The SMILES string of the molecule is COC(=O)c1nnn([C@H]2C[C@@H](C(=O)Nc3cccc(SC)c3)N(Cc3ccccc3)C2)c1C(=O)OC. The number of aromatic nitrogens is 3. The second kappa shape index (κ2) is 11.4. The number of amides is 1. The van der Waals surface area contributed by atoms with Crippen LogP contribution in [-0.2, 0) is 20.8 Å². The quantitative estimate of drug-likeness (QED) is 0.361. The minimum absolute atomic E-state index is 0.0947. The Morgan fingerprint density at radius 1 is 1.06 bits per heavy atom. The number of nitrogens with zero attached hydrogens (tertiary/aromatic N) is 4. The van der Waals surface area contributed by atoms with Gasteiger partial charge in [0.15, 0.2) is 5.69 Å². The molecule has 0 bridgehead atoms. The molecule has 10 nitrogen and oxygen atoms in total. The topological polar surface area (TPSA) is 116 Å². The number of benzene rings is 2. The molecule has 1 fully saturated rings. The average Bonchev–Trinajstić information content (AvgIpc) is 3.53. The van der Waals surface area contributed by atoms with Gasteiger partial charge in [-0.1, -0.05) is 41.6 Å². The van der Waals surface area contributed by atoms with Crippen LogP contribution in [0.3, 0.4) is 0 Å². The number of likely N-dealkylation sites (tertiary alicyclic amines) is 1. The molecule has 1 amide bonds. The van der Waals surface area contributed by atoms with Crippen LogP contribution in [0.5, 0.6) is 0 Å². The Morgan fingerprint density at radius 3 is 2.50 bits per heavy atom. The summed E-state index contributed by atoms with van der Waals surface area (Å²) in [4.78, 5) is 41.3. The second-order valence-corrected chi connectivity index (χ2v) is 9.14. The second-order valence-electron chi connectivity index (χ2n) is 8.26. The summed E-state index contributed by atoms with van der Waals surface area (Å²) < 4.78 is 11.0. The maximum absolute atomic E-state index is 13.5. The van der Waals surface area contributed by atoms with E-state index in [2.05, 4.69) is 15.6 Å². The third-order valence-corrected chi connectivity index (χ3v) is 6.77. The van der Waals surface area contributed by atoms with Crippen molar-refractivity contribution in [3.8, 4) is 0 Å². The van der Waals surface area contributed by atoms with Gasteiger partial charge >= 0.3 is 11.9 Å². The van der Waals surface area contributed by atoms with Gasteiger partial charge in [0.05, 0.1) is 26.3 Å². The molecule has 1 N–H and O–H groups in total. The summed E-state index contributed by atoms with van der Waals surface area (Å²) in [5.41, 5.74) is 1.43. The first-order chi connectivity index (χ1) is 17.4. The van der Waals surface area contributed by atoms with Gasteiger partial charge in [0.25, 0.3) is 0 Å². The van der Waals surface area contributed by atoms with Gasteiger partial charge in [-0.2, -0.15) is 0 Å². The lowest BCUT2D eigenvalue weighted by Gasteiger charge is -2.23. The highest BCUT2D eigenvalue weighted by Gasteiger charge is 2.41. The number of methoxy groups -OCH3 is 2. The molecule has 36 heavy (non-hydrogen) atoms. The van der Waals surface area contributed by atoms with E-state index in [1.54, 1.807) is 11.8 Å². The zero-order chi connectivity index (χ0) is 25.7. The third kappa shape index (κ3) is 5.42. The first-order valence-electron chi connectivity index (χ1n) is 11.3. The maximum atomic E-state index is 13.5. The summed E-state index contributed by atoms with van der Waals surface area (Å²) in [5.74, 6) is -1.71. The molecule has 2 atom stereocenters. The van der Waals surface area contributed by atoms with E-state index in [9.17, 15) is 14.4 Å². The van der Waals surface area contributed by atoms with Crippen molar-refractivity contribution >= 4 is 35.3 Å². The number of nitrogens with one attached hydrogen (secondary N) is 1. The predicted molar refractivity (Wildman–Crippen MR) is 134 cm³/mol. The standard InChI is InChI=1S/C25H27N5O5S/c1-34-24(32)21-22(25(33)35-2)30(28-27-21)18-13-20(29(15-18)14-16-8-5-4-6-9-16)23(31)26-17-10-7-11-19(12-17)36-3/h4-12,18,20H,13-15H2,1-3H3,(H,26,31)/t18-,20-/m0/s1. The van der Waals surface area contributed by atoms with Crippen molar-refractivity contribution in [3.63, 3.8) is 0 Å². The van der Waals surface area contributed by atoms with E-state index in [1.807, 2.05) is 65.8 Å². The Balaban J connectivity index is 1.64. The minimum Gasteiger partial charge on any atom is -0.464 e. The molecule has 1 aliphatic heterocycles. The number of rotatable bonds is 8. The van der Waals surface area contributed by atoms with Gasteiger partial charge in [-0.3, -0.25) is 9.69 Å². The molecular formula is C25H27N5O5S. The first kappa shape index (κ1) is 25.4. The summed E-state index contributed by atoms with van der Waals surface area (Å²) in [6.07, 6.45) is 2.33. The number of carbonyl (C=O) groups is 3. The Morgan fingerprint density at radius 2 is 1.81 bits per heavy atom. The van der Waals surface area contributed by atoms with Crippen molar-refractivity contribution in [2.75, 3.05) is 32.3 Å². The predicted octanol–water partition coefficient (Wildman–Crippen LogP) is 3.03. The van der Waals surface area contributed by atoms with Crippen LogP contribution in [0.15, 0.2) is 59.5 Å². The van der Waals surface area contributed by atoms with E-state index in [0.29, 0.717) is 25.2 Å².